The van der Waals surface area contributed by atoms with E-state index in [0.717, 1.165) is 11.5 Å². The zero-order chi connectivity index (χ0) is 12.4. The summed E-state index contributed by atoms with van der Waals surface area (Å²) in [5, 5.41) is 3.21. The molecule has 0 bridgehead atoms. The van der Waals surface area contributed by atoms with Crippen molar-refractivity contribution in [3.63, 3.8) is 0 Å². The molecule has 0 amide bonds. The van der Waals surface area contributed by atoms with E-state index in [1.807, 2.05) is 34.9 Å². The molecule has 3 rings (SSSR count). The lowest BCUT2D eigenvalue weighted by Gasteiger charge is -2.09. The summed E-state index contributed by atoms with van der Waals surface area (Å²) in [4.78, 5) is 4.20. The van der Waals surface area contributed by atoms with E-state index in [1.54, 1.807) is 18.3 Å². The van der Waals surface area contributed by atoms with Crippen molar-refractivity contribution in [1.82, 2.24) is 9.38 Å². The van der Waals surface area contributed by atoms with Crippen LogP contribution in [0.3, 0.4) is 0 Å². The van der Waals surface area contributed by atoms with Crippen LogP contribution in [0.4, 0.5) is 10.2 Å². The molecule has 2 heterocycles. The predicted molar refractivity (Wildman–Crippen MR) is 68.9 cm³/mol. The van der Waals surface area contributed by atoms with E-state index in [2.05, 4.69) is 10.3 Å². The molecule has 18 heavy (non-hydrogen) atoms. The van der Waals surface area contributed by atoms with Crippen molar-refractivity contribution in [2.24, 2.45) is 0 Å². The number of nitrogens with zero attached hydrogens (tertiary/aromatic N) is 2. The summed E-state index contributed by atoms with van der Waals surface area (Å²) in [6.07, 6.45) is 3.61. The molecule has 0 unspecified atom stereocenters. The van der Waals surface area contributed by atoms with Gasteiger partial charge < -0.3 is 5.32 Å². The van der Waals surface area contributed by atoms with Crippen molar-refractivity contribution in [2.45, 2.75) is 6.54 Å². The van der Waals surface area contributed by atoms with E-state index in [0.29, 0.717) is 12.1 Å². The first-order valence-electron chi connectivity index (χ1n) is 5.74. The van der Waals surface area contributed by atoms with Crippen LogP contribution in [0.5, 0.6) is 0 Å². The van der Waals surface area contributed by atoms with Crippen LogP contribution >= 0.6 is 0 Å². The molecule has 0 saturated heterocycles. The smallest absolute Gasteiger partial charge is 0.138 e. The molecule has 0 spiro atoms. The number of aromatic nitrogens is 2. The molecule has 0 fully saturated rings. The second kappa shape index (κ2) is 4.49. The van der Waals surface area contributed by atoms with Crippen LogP contribution in [0.2, 0.25) is 0 Å². The van der Waals surface area contributed by atoms with Gasteiger partial charge in [-0.25, -0.2) is 9.37 Å². The number of fused-ring (bicyclic) bond motifs is 1. The largest absolute Gasteiger partial charge is 0.367 e. The van der Waals surface area contributed by atoms with Gasteiger partial charge in [-0.3, -0.25) is 4.40 Å². The number of nitrogens with one attached hydrogen (secondary N) is 1. The number of hydrogen-bond donors (Lipinski definition) is 1. The average molecular weight is 241 g/mol. The summed E-state index contributed by atoms with van der Waals surface area (Å²) in [5.41, 5.74) is 1.52. The highest BCUT2D eigenvalue weighted by Crippen LogP contribution is 2.13. The number of hydrogen-bond acceptors (Lipinski definition) is 2. The monoisotopic (exact) mass is 241 g/mol. The van der Waals surface area contributed by atoms with Gasteiger partial charge in [0, 0.05) is 24.5 Å². The van der Waals surface area contributed by atoms with Crippen molar-refractivity contribution in [1.29, 1.82) is 0 Å². The quantitative estimate of drug-likeness (QED) is 0.763. The Bertz CT molecular complexity index is 675. The van der Waals surface area contributed by atoms with Crippen LogP contribution in [0.25, 0.3) is 5.65 Å². The molecule has 90 valence electrons. The molecule has 0 aliphatic carbocycles. The number of imidazole rings is 1. The number of rotatable bonds is 3. The SMILES string of the molecule is Fc1ccccc1CNc1cccc2nccn12. The van der Waals surface area contributed by atoms with Crippen LogP contribution in [0.1, 0.15) is 5.56 Å². The molecule has 1 N–H and O–H groups in total. The van der Waals surface area contributed by atoms with Gasteiger partial charge in [0.1, 0.15) is 17.3 Å². The molecule has 4 heteroatoms. The molecule has 0 atom stereocenters. The highest BCUT2D eigenvalue weighted by atomic mass is 19.1. The van der Waals surface area contributed by atoms with Crippen LogP contribution < -0.4 is 5.32 Å². The third kappa shape index (κ3) is 1.93. The molecule has 0 radical (unpaired) electrons. The summed E-state index contributed by atoms with van der Waals surface area (Å²) in [6, 6.07) is 12.5. The number of anilines is 1. The van der Waals surface area contributed by atoms with Gasteiger partial charge in [0.15, 0.2) is 0 Å². The van der Waals surface area contributed by atoms with Gasteiger partial charge in [-0.05, 0) is 18.2 Å². The van der Waals surface area contributed by atoms with Crippen molar-refractivity contribution in [3.05, 3.63) is 66.2 Å². The first-order valence-corrected chi connectivity index (χ1v) is 5.74. The minimum atomic E-state index is -0.192. The summed E-state index contributed by atoms with van der Waals surface area (Å²) in [6.45, 7) is 0.448. The second-order valence-corrected chi connectivity index (χ2v) is 4.01. The lowest BCUT2D eigenvalue weighted by molar-refractivity contribution is 0.613. The van der Waals surface area contributed by atoms with E-state index in [9.17, 15) is 4.39 Å². The predicted octanol–water partition coefficient (Wildman–Crippen LogP) is 3.09. The van der Waals surface area contributed by atoms with E-state index in [4.69, 9.17) is 0 Å². The van der Waals surface area contributed by atoms with Crippen LogP contribution in [-0.2, 0) is 6.54 Å². The fourth-order valence-electron chi connectivity index (χ4n) is 1.92. The fraction of sp³-hybridized carbons (Fsp3) is 0.0714. The van der Waals surface area contributed by atoms with Crippen molar-refractivity contribution in [3.8, 4) is 0 Å². The Labute approximate surface area is 104 Å². The molecular formula is C14H12FN3. The highest BCUT2D eigenvalue weighted by molar-refractivity contribution is 5.50. The topological polar surface area (TPSA) is 29.3 Å². The lowest BCUT2D eigenvalue weighted by Crippen LogP contribution is -2.05. The Hall–Kier alpha value is -2.36. The minimum absolute atomic E-state index is 0.192. The summed E-state index contributed by atoms with van der Waals surface area (Å²) in [7, 11) is 0. The summed E-state index contributed by atoms with van der Waals surface area (Å²) >= 11 is 0. The molecule has 0 saturated carbocycles. The van der Waals surface area contributed by atoms with E-state index >= 15 is 0 Å². The summed E-state index contributed by atoms with van der Waals surface area (Å²) < 4.78 is 15.4. The minimum Gasteiger partial charge on any atom is -0.367 e. The van der Waals surface area contributed by atoms with E-state index in [-0.39, 0.29) is 5.82 Å². The Balaban J connectivity index is 1.85. The molecule has 3 nitrogen and oxygen atoms in total. The normalized spacial score (nSPS) is 10.7. The lowest BCUT2D eigenvalue weighted by atomic mass is 10.2. The molecule has 2 aromatic heterocycles. The Kier molecular flexibility index (Phi) is 2.68. The van der Waals surface area contributed by atoms with Gasteiger partial charge in [-0.1, -0.05) is 24.3 Å². The van der Waals surface area contributed by atoms with Gasteiger partial charge >= 0.3 is 0 Å². The molecular weight excluding hydrogens is 229 g/mol. The average Bonchev–Trinajstić information content (AvgIpc) is 2.86. The van der Waals surface area contributed by atoms with Crippen LogP contribution in [-0.4, -0.2) is 9.38 Å². The first-order chi connectivity index (χ1) is 8.84. The molecule has 0 aliphatic rings. The Morgan fingerprint density at radius 3 is 2.89 bits per heavy atom. The third-order valence-corrected chi connectivity index (χ3v) is 2.85. The van der Waals surface area contributed by atoms with Gasteiger partial charge in [-0.15, -0.1) is 0 Å². The molecule has 3 aromatic rings. The number of halogens is 1. The Morgan fingerprint density at radius 2 is 2.00 bits per heavy atom. The highest BCUT2D eigenvalue weighted by Gasteiger charge is 2.02. The zero-order valence-corrected chi connectivity index (χ0v) is 9.68. The van der Waals surface area contributed by atoms with Crippen molar-refractivity contribution < 1.29 is 4.39 Å². The van der Waals surface area contributed by atoms with Gasteiger partial charge in [-0.2, -0.15) is 0 Å². The summed E-state index contributed by atoms with van der Waals surface area (Å²) in [5.74, 6) is 0.705. The number of benzene rings is 1. The second-order valence-electron chi connectivity index (χ2n) is 4.01. The maximum atomic E-state index is 13.5. The zero-order valence-electron chi connectivity index (χ0n) is 9.68. The van der Waals surface area contributed by atoms with Crippen LogP contribution in [0, 0.1) is 5.82 Å². The van der Waals surface area contributed by atoms with E-state index in [1.165, 1.54) is 6.07 Å². The maximum Gasteiger partial charge on any atom is 0.138 e. The van der Waals surface area contributed by atoms with Gasteiger partial charge in [0.2, 0.25) is 0 Å². The van der Waals surface area contributed by atoms with E-state index < -0.39 is 0 Å². The van der Waals surface area contributed by atoms with Crippen molar-refractivity contribution >= 4 is 11.5 Å². The first kappa shape index (κ1) is 10.8. The van der Waals surface area contributed by atoms with Crippen molar-refractivity contribution in [2.75, 3.05) is 5.32 Å². The number of pyridine rings is 1. The maximum absolute atomic E-state index is 13.5. The Morgan fingerprint density at radius 1 is 1.11 bits per heavy atom. The standard InChI is InChI=1S/C14H12FN3/c15-12-5-2-1-4-11(12)10-17-14-7-3-6-13-16-8-9-18(13)14/h1-9,17H,10H2. The van der Waals surface area contributed by atoms with Gasteiger partial charge in [0.05, 0.1) is 0 Å². The molecule has 0 aliphatic heterocycles. The van der Waals surface area contributed by atoms with Crippen LogP contribution in [0.15, 0.2) is 54.9 Å². The fourth-order valence-corrected chi connectivity index (χ4v) is 1.92. The molecule has 1 aromatic carbocycles. The third-order valence-electron chi connectivity index (χ3n) is 2.85. The van der Waals surface area contributed by atoms with Gasteiger partial charge in [0.25, 0.3) is 0 Å².